The van der Waals surface area contributed by atoms with Gasteiger partial charge < -0.3 is 10.5 Å². The highest BCUT2D eigenvalue weighted by Gasteiger charge is 2.23. The zero-order valence-electron chi connectivity index (χ0n) is 9.91. The zero-order chi connectivity index (χ0) is 12.1. The Bertz CT molecular complexity index is 270. The van der Waals surface area contributed by atoms with Gasteiger partial charge in [-0.1, -0.05) is 20.8 Å². The van der Waals surface area contributed by atoms with Crippen LogP contribution in [0.3, 0.4) is 0 Å². The molecule has 0 saturated heterocycles. The lowest BCUT2D eigenvalue weighted by atomic mass is 10.0. The van der Waals surface area contributed by atoms with Crippen molar-refractivity contribution in [2.24, 2.45) is 11.1 Å². The van der Waals surface area contributed by atoms with Gasteiger partial charge in [0.2, 0.25) is 10.0 Å². The Labute approximate surface area is 92.4 Å². The van der Waals surface area contributed by atoms with E-state index < -0.39 is 10.0 Å². The molecule has 6 heteroatoms. The minimum absolute atomic E-state index is 0.0835. The van der Waals surface area contributed by atoms with E-state index in [0.29, 0.717) is 6.61 Å². The Hall–Kier alpha value is -0.170. The van der Waals surface area contributed by atoms with Crippen LogP contribution in [-0.4, -0.2) is 40.5 Å². The van der Waals surface area contributed by atoms with Crippen molar-refractivity contribution in [2.45, 2.75) is 26.8 Å². The second-order valence-electron chi connectivity index (χ2n) is 4.83. The van der Waals surface area contributed by atoms with Crippen LogP contribution in [0.25, 0.3) is 0 Å². The molecule has 0 heterocycles. The topological polar surface area (TPSA) is 81.4 Å². The summed E-state index contributed by atoms with van der Waals surface area (Å²) < 4.78 is 30.7. The predicted molar refractivity (Wildman–Crippen MR) is 61.1 cm³/mol. The lowest BCUT2D eigenvalue weighted by molar-refractivity contribution is 0.176. The molecule has 0 aromatic carbocycles. The zero-order valence-corrected chi connectivity index (χ0v) is 10.7. The molecule has 92 valence electrons. The predicted octanol–water partition coefficient (Wildman–Crippen LogP) is -0.0744. The first kappa shape index (κ1) is 14.8. The van der Waals surface area contributed by atoms with Crippen LogP contribution in [0.4, 0.5) is 0 Å². The van der Waals surface area contributed by atoms with Crippen LogP contribution in [0.1, 0.15) is 20.8 Å². The van der Waals surface area contributed by atoms with Crippen molar-refractivity contribution in [3.8, 4) is 0 Å². The second kappa shape index (κ2) is 5.79. The molecule has 1 unspecified atom stereocenters. The third-order valence-electron chi connectivity index (χ3n) is 1.62. The maximum absolute atomic E-state index is 11.7. The van der Waals surface area contributed by atoms with E-state index in [1.165, 1.54) is 7.11 Å². The fourth-order valence-corrected chi connectivity index (χ4v) is 3.11. The summed E-state index contributed by atoms with van der Waals surface area (Å²) in [7, 11) is -1.77. The molecule has 0 fully saturated rings. The lowest BCUT2D eigenvalue weighted by Gasteiger charge is -2.21. The number of rotatable bonds is 6. The van der Waals surface area contributed by atoms with Gasteiger partial charge in [0.15, 0.2) is 0 Å². The van der Waals surface area contributed by atoms with Gasteiger partial charge in [0.25, 0.3) is 0 Å². The first-order valence-electron chi connectivity index (χ1n) is 4.89. The normalized spacial score (nSPS) is 15.3. The van der Waals surface area contributed by atoms with E-state index in [9.17, 15) is 8.42 Å². The van der Waals surface area contributed by atoms with Crippen molar-refractivity contribution in [2.75, 3.05) is 26.0 Å². The van der Waals surface area contributed by atoms with E-state index in [4.69, 9.17) is 10.5 Å². The molecule has 0 rings (SSSR count). The molecule has 0 radical (unpaired) electrons. The molecule has 0 aromatic rings. The molecule has 0 aliphatic rings. The quantitative estimate of drug-likeness (QED) is 0.678. The number of nitrogens with one attached hydrogen (secondary N) is 1. The van der Waals surface area contributed by atoms with Gasteiger partial charge in [-0.25, -0.2) is 13.1 Å². The van der Waals surface area contributed by atoms with E-state index in [1.54, 1.807) is 0 Å². The largest absolute Gasteiger partial charge is 0.383 e. The molecule has 0 amide bonds. The molecule has 1 atom stereocenters. The summed E-state index contributed by atoms with van der Waals surface area (Å²) in [5, 5.41) is 0. The monoisotopic (exact) mass is 238 g/mol. The van der Waals surface area contributed by atoms with E-state index in [-0.39, 0.29) is 23.8 Å². The van der Waals surface area contributed by atoms with E-state index in [0.717, 1.165) is 0 Å². The Morgan fingerprint density at radius 3 is 2.27 bits per heavy atom. The van der Waals surface area contributed by atoms with Crippen LogP contribution in [0.2, 0.25) is 0 Å². The molecule has 0 bridgehead atoms. The van der Waals surface area contributed by atoms with E-state index in [1.807, 2.05) is 20.8 Å². The van der Waals surface area contributed by atoms with Crippen LogP contribution in [0.5, 0.6) is 0 Å². The van der Waals surface area contributed by atoms with Crippen molar-refractivity contribution < 1.29 is 13.2 Å². The fourth-order valence-electron chi connectivity index (χ4n) is 1.22. The van der Waals surface area contributed by atoms with E-state index in [2.05, 4.69) is 4.72 Å². The first-order chi connectivity index (χ1) is 6.70. The highest BCUT2D eigenvalue weighted by atomic mass is 32.2. The Kier molecular flexibility index (Phi) is 5.72. The van der Waals surface area contributed by atoms with Gasteiger partial charge in [0.05, 0.1) is 18.4 Å². The number of hydrogen-bond acceptors (Lipinski definition) is 4. The second-order valence-corrected chi connectivity index (χ2v) is 6.58. The van der Waals surface area contributed by atoms with Gasteiger partial charge in [0.1, 0.15) is 0 Å². The first-order valence-corrected chi connectivity index (χ1v) is 6.54. The molecular formula is C9H22N2O3S. The van der Waals surface area contributed by atoms with Crippen LogP contribution < -0.4 is 10.5 Å². The maximum Gasteiger partial charge on any atom is 0.212 e. The molecule has 15 heavy (non-hydrogen) atoms. The average Bonchev–Trinajstić information content (AvgIpc) is 1.98. The molecule has 0 aromatic heterocycles. The molecule has 3 N–H and O–H groups in total. The summed E-state index contributed by atoms with van der Waals surface area (Å²) in [5.74, 6) is 0.0835. The standard InChI is InChI=1S/C9H22N2O3S/c1-9(2,3)7-15(12,13)11-8(5-10)6-14-4/h8,11H,5-7,10H2,1-4H3. The Morgan fingerprint density at radius 1 is 1.40 bits per heavy atom. The van der Waals surface area contributed by atoms with Crippen LogP contribution >= 0.6 is 0 Å². The number of methoxy groups -OCH3 is 1. The highest BCUT2D eigenvalue weighted by Crippen LogP contribution is 2.15. The number of ether oxygens (including phenoxy) is 1. The molecule has 0 spiro atoms. The van der Waals surface area contributed by atoms with Crippen molar-refractivity contribution in [1.29, 1.82) is 0 Å². The molecule has 0 aliphatic heterocycles. The van der Waals surface area contributed by atoms with Gasteiger partial charge in [-0.2, -0.15) is 0 Å². The van der Waals surface area contributed by atoms with Crippen molar-refractivity contribution in [3.63, 3.8) is 0 Å². The van der Waals surface area contributed by atoms with Gasteiger partial charge >= 0.3 is 0 Å². The molecule has 0 saturated carbocycles. The Balaban J connectivity index is 4.36. The molecular weight excluding hydrogens is 216 g/mol. The summed E-state index contributed by atoms with van der Waals surface area (Å²) in [6, 6.07) is -0.345. The summed E-state index contributed by atoms with van der Waals surface area (Å²) in [6.07, 6.45) is 0. The minimum Gasteiger partial charge on any atom is -0.383 e. The third kappa shape index (κ3) is 7.72. The Morgan fingerprint density at radius 2 is 1.93 bits per heavy atom. The van der Waals surface area contributed by atoms with Crippen LogP contribution in [0, 0.1) is 5.41 Å². The third-order valence-corrected chi connectivity index (χ3v) is 3.56. The number of nitrogens with two attached hydrogens (primary N) is 1. The van der Waals surface area contributed by atoms with Crippen molar-refractivity contribution in [1.82, 2.24) is 4.72 Å². The van der Waals surface area contributed by atoms with Gasteiger partial charge in [-0.15, -0.1) is 0 Å². The number of hydrogen-bond donors (Lipinski definition) is 2. The van der Waals surface area contributed by atoms with Crippen molar-refractivity contribution in [3.05, 3.63) is 0 Å². The summed E-state index contributed by atoms with van der Waals surface area (Å²) >= 11 is 0. The molecule has 0 aliphatic carbocycles. The average molecular weight is 238 g/mol. The van der Waals surface area contributed by atoms with Crippen molar-refractivity contribution >= 4 is 10.0 Å². The number of sulfonamides is 1. The minimum atomic E-state index is -3.28. The maximum atomic E-state index is 11.7. The fraction of sp³-hybridized carbons (Fsp3) is 1.00. The van der Waals surface area contributed by atoms with Crippen LogP contribution in [0.15, 0.2) is 0 Å². The summed E-state index contributed by atoms with van der Waals surface area (Å²) in [4.78, 5) is 0. The van der Waals surface area contributed by atoms with Crippen LogP contribution in [-0.2, 0) is 14.8 Å². The van der Waals surface area contributed by atoms with Gasteiger partial charge in [-0.3, -0.25) is 0 Å². The van der Waals surface area contributed by atoms with Gasteiger partial charge in [-0.05, 0) is 5.41 Å². The smallest absolute Gasteiger partial charge is 0.212 e. The summed E-state index contributed by atoms with van der Waals surface area (Å²) in [6.45, 7) is 6.15. The SMILES string of the molecule is COCC(CN)NS(=O)(=O)CC(C)(C)C. The highest BCUT2D eigenvalue weighted by molar-refractivity contribution is 7.89. The van der Waals surface area contributed by atoms with Gasteiger partial charge in [0, 0.05) is 13.7 Å². The lowest BCUT2D eigenvalue weighted by Crippen LogP contribution is -2.45. The molecule has 5 nitrogen and oxygen atoms in total. The van der Waals surface area contributed by atoms with E-state index >= 15 is 0 Å². The summed E-state index contributed by atoms with van der Waals surface area (Å²) in [5.41, 5.74) is 5.16.